The summed E-state index contributed by atoms with van der Waals surface area (Å²) < 4.78 is 3.83. The number of benzene rings is 1. The minimum atomic E-state index is -0.00107. The van der Waals surface area contributed by atoms with Crippen molar-refractivity contribution in [2.45, 2.75) is 59.4 Å². The van der Waals surface area contributed by atoms with Crippen LogP contribution in [0.2, 0.25) is 0 Å². The number of rotatable bonds is 6. The molecule has 7 nitrogen and oxygen atoms in total. The van der Waals surface area contributed by atoms with Crippen molar-refractivity contribution in [3.8, 4) is 11.1 Å². The van der Waals surface area contributed by atoms with Crippen LogP contribution in [0.5, 0.6) is 0 Å². The number of pyridine rings is 1. The minimum absolute atomic E-state index is 0.00107. The van der Waals surface area contributed by atoms with Gasteiger partial charge in [-0.2, -0.15) is 5.10 Å². The fourth-order valence-corrected chi connectivity index (χ4v) is 5.51. The first-order valence-electron chi connectivity index (χ1n) is 12.3. The first-order valence-corrected chi connectivity index (χ1v) is 12.3. The predicted octanol–water partition coefficient (Wildman–Crippen LogP) is 4.73. The number of likely N-dealkylation sites (tertiary alicyclic amines) is 1. The van der Waals surface area contributed by atoms with E-state index in [0.717, 1.165) is 77.3 Å². The van der Waals surface area contributed by atoms with Gasteiger partial charge in [-0.1, -0.05) is 26.7 Å². The van der Waals surface area contributed by atoms with Crippen molar-refractivity contribution in [3.63, 3.8) is 0 Å². The van der Waals surface area contributed by atoms with Crippen LogP contribution < -0.4 is 5.69 Å². The molecule has 0 aliphatic carbocycles. The van der Waals surface area contributed by atoms with Gasteiger partial charge >= 0.3 is 5.69 Å². The van der Waals surface area contributed by atoms with Crippen LogP contribution in [0, 0.1) is 19.8 Å². The fraction of sp³-hybridized carbons (Fsp3) is 0.500. The van der Waals surface area contributed by atoms with Crippen LogP contribution in [0.4, 0.5) is 0 Å². The first kappa shape index (κ1) is 21.9. The third-order valence-corrected chi connectivity index (χ3v) is 7.45. The number of imidazole rings is 1. The fourth-order valence-electron chi connectivity index (χ4n) is 5.51. The smallest absolute Gasteiger partial charge is 0.306 e. The summed E-state index contributed by atoms with van der Waals surface area (Å²) in [7, 11) is 0. The third kappa shape index (κ3) is 3.99. The summed E-state index contributed by atoms with van der Waals surface area (Å²) in [5, 5.41) is 4.32. The molecule has 33 heavy (non-hydrogen) atoms. The van der Waals surface area contributed by atoms with Crippen LogP contribution in [0.3, 0.4) is 0 Å². The maximum absolute atomic E-state index is 13.1. The molecule has 0 radical (unpaired) electrons. The number of fused-ring (bicyclic) bond motifs is 2. The Hall–Kier alpha value is -2.93. The van der Waals surface area contributed by atoms with E-state index in [-0.39, 0.29) is 11.7 Å². The second-order valence-electron chi connectivity index (χ2n) is 9.66. The zero-order chi connectivity index (χ0) is 23.1. The lowest BCUT2D eigenvalue weighted by Crippen LogP contribution is -2.41. The number of aromatic nitrogens is 5. The highest BCUT2D eigenvalue weighted by molar-refractivity contribution is 5.84. The molecule has 0 unspecified atom stereocenters. The number of hydrogen-bond donors (Lipinski definition) is 1. The lowest BCUT2D eigenvalue weighted by Gasteiger charge is -2.35. The summed E-state index contributed by atoms with van der Waals surface area (Å²) in [6, 6.07) is 6.64. The Balaban J connectivity index is 1.51. The molecule has 3 aromatic heterocycles. The van der Waals surface area contributed by atoms with Crippen LogP contribution in [-0.4, -0.2) is 48.7 Å². The zero-order valence-electron chi connectivity index (χ0n) is 20.1. The maximum atomic E-state index is 13.1. The molecule has 0 amide bonds. The maximum Gasteiger partial charge on any atom is 0.326 e. The van der Waals surface area contributed by atoms with Crippen molar-refractivity contribution in [2.24, 2.45) is 5.92 Å². The summed E-state index contributed by atoms with van der Waals surface area (Å²) in [4.78, 5) is 23.1. The van der Waals surface area contributed by atoms with E-state index in [1.54, 1.807) is 6.33 Å². The highest BCUT2D eigenvalue weighted by Crippen LogP contribution is 2.31. The molecule has 4 aromatic rings. The van der Waals surface area contributed by atoms with Crippen molar-refractivity contribution >= 4 is 16.7 Å². The van der Waals surface area contributed by atoms with Gasteiger partial charge < -0.3 is 9.88 Å². The van der Waals surface area contributed by atoms with E-state index in [1.807, 2.05) is 15.3 Å². The van der Waals surface area contributed by atoms with Crippen LogP contribution >= 0.6 is 0 Å². The molecule has 1 aliphatic rings. The monoisotopic (exact) mass is 446 g/mol. The summed E-state index contributed by atoms with van der Waals surface area (Å²) in [6.07, 6.45) is 8.21. The SMILES string of the molecule is CCC(CC)CN1CCC[C@@H](n2c(=O)[nH]c3cc(-c4cc(C)c5ncnn5c4)c(C)cc32)C1. The Morgan fingerprint density at radius 2 is 1.97 bits per heavy atom. The number of aromatic amines is 1. The molecule has 5 rings (SSSR count). The lowest BCUT2D eigenvalue weighted by atomic mass is 9.98. The molecule has 7 heteroatoms. The standard InChI is InChI=1S/C26H34N6O/c1-5-19(6-2)13-30-9-7-8-21(15-30)32-24-11-17(3)22(12-23(24)29-26(32)33)20-10-18(4)25-27-16-28-31(25)14-20/h10-12,14,16,19,21H,5-9,13,15H2,1-4H3,(H,29,33)/t21-/m1/s1. The van der Waals surface area contributed by atoms with Gasteiger partial charge in [0.05, 0.1) is 17.1 Å². The topological polar surface area (TPSA) is 71.2 Å². The molecule has 4 heterocycles. The number of aryl methyl sites for hydroxylation is 2. The summed E-state index contributed by atoms with van der Waals surface area (Å²) in [5.74, 6) is 0.735. The van der Waals surface area contributed by atoms with E-state index >= 15 is 0 Å². The Bertz CT molecular complexity index is 1340. The summed E-state index contributed by atoms with van der Waals surface area (Å²) in [5.41, 5.74) is 7.19. The number of nitrogens with zero attached hydrogens (tertiary/aromatic N) is 5. The van der Waals surface area contributed by atoms with E-state index in [2.05, 4.69) is 65.9 Å². The van der Waals surface area contributed by atoms with Crippen molar-refractivity contribution in [2.75, 3.05) is 19.6 Å². The lowest BCUT2D eigenvalue weighted by molar-refractivity contribution is 0.151. The van der Waals surface area contributed by atoms with Gasteiger partial charge in [0.25, 0.3) is 0 Å². The van der Waals surface area contributed by atoms with Crippen molar-refractivity contribution in [1.82, 2.24) is 29.0 Å². The van der Waals surface area contributed by atoms with Crippen LogP contribution in [-0.2, 0) is 0 Å². The molecular weight excluding hydrogens is 412 g/mol. The zero-order valence-corrected chi connectivity index (χ0v) is 20.1. The van der Waals surface area contributed by atoms with E-state index < -0.39 is 0 Å². The van der Waals surface area contributed by atoms with Gasteiger partial charge in [0, 0.05) is 24.8 Å². The van der Waals surface area contributed by atoms with Gasteiger partial charge in [0.1, 0.15) is 6.33 Å². The number of H-pyrrole nitrogens is 1. The van der Waals surface area contributed by atoms with Crippen molar-refractivity contribution < 1.29 is 0 Å². The molecular formula is C26H34N6O. The molecule has 1 fully saturated rings. The normalized spacial score (nSPS) is 17.5. The molecule has 1 aromatic carbocycles. The predicted molar refractivity (Wildman–Crippen MR) is 133 cm³/mol. The van der Waals surface area contributed by atoms with E-state index in [4.69, 9.17) is 0 Å². The molecule has 1 atom stereocenters. The number of nitrogens with one attached hydrogen (secondary N) is 1. The molecule has 0 saturated carbocycles. The Morgan fingerprint density at radius 3 is 2.76 bits per heavy atom. The second kappa shape index (κ2) is 8.78. The molecule has 1 saturated heterocycles. The highest BCUT2D eigenvalue weighted by atomic mass is 16.1. The average molecular weight is 447 g/mol. The van der Waals surface area contributed by atoms with Crippen LogP contribution in [0.25, 0.3) is 27.8 Å². The quantitative estimate of drug-likeness (QED) is 0.465. The average Bonchev–Trinajstić information content (AvgIpc) is 3.40. The van der Waals surface area contributed by atoms with Gasteiger partial charge in [-0.25, -0.2) is 14.3 Å². The van der Waals surface area contributed by atoms with Gasteiger partial charge in [-0.05, 0) is 74.0 Å². The van der Waals surface area contributed by atoms with Crippen LogP contribution in [0.15, 0.2) is 35.5 Å². The second-order valence-corrected chi connectivity index (χ2v) is 9.66. The Kier molecular flexibility index (Phi) is 5.83. The number of piperidine rings is 1. The third-order valence-electron chi connectivity index (χ3n) is 7.45. The minimum Gasteiger partial charge on any atom is -0.306 e. The summed E-state index contributed by atoms with van der Waals surface area (Å²) in [6.45, 7) is 12.0. The number of hydrogen-bond acceptors (Lipinski definition) is 4. The molecule has 1 aliphatic heterocycles. The van der Waals surface area contributed by atoms with E-state index in [0.29, 0.717) is 0 Å². The summed E-state index contributed by atoms with van der Waals surface area (Å²) >= 11 is 0. The Labute approximate surface area is 194 Å². The Morgan fingerprint density at radius 1 is 1.15 bits per heavy atom. The van der Waals surface area contributed by atoms with E-state index in [9.17, 15) is 4.79 Å². The molecule has 0 spiro atoms. The van der Waals surface area contributed by atoms with Crippen LogP contribution in [0.1, 0.15) is 56.7 Å². The van der Waals surface area contributed by atoms with Crippen molar-refractivity contribution in [1.29, 1.82) is 0 Å². The first-order chi connectivity index (χ1) is 16.0. The van der Waals surface area contributed by atoms with Gasteiger partial charge in [-0.15, -0.1) is 0 Å². The highest BCUT2D eigenvalue weighted by Gasteiger charge is 2.26. The molecule has 1 N–H and O–H groups in total. The molecule has 0 bridgehead atoms. The largest absolute Gasteiger partial charge is 0.326 e. The molecule has 174 valence electrons. The van der Waals surface area contributed by atoms with Gasteiger partial charge in [0.2, 0.25) is 0 Å². The van der Waals surface area contributed by atoms with Gasteiger partial charge in [0.15, 0.2) is 5.65 Å². The van der Waals surface area contributed by atoms with Crippen molar-refractivity contribution in [3.05, 3.63) is 52.3 Å². The van der Waals surface area contributed by atoms with E-state index in [1.165, 1.54) is 12.8 Å². The van der Waals surface area contributed by atoms with Gasteiger partial charge in [-0.3, -0.25) is 4.57 Å².